The molecule has 84 valence electrons. The minimum absolute atomic E-state index is 0.0777. The Balaban J connectivity index is 3.36. The van der Waals surface area contributed by atoms with Crippen LogP contribution in [0.2, 0.25) is 0 Å². The van der Waals surface area contributed by atoms with Gasteiger partial charge in [-0.3, -0.25) is 25.0 Å². The Morgan fingerprint density at radius 1 is 1.25 bits per heavy atom. The van der Waals surface area contributed by atoms with Gasteiger partial charge in [0.25, 0.3) is 11.4 Å². The number of rotatable bonds is 4. The molecule has 0 saturated carbocycles. The van der Waals surface area contributed by atoms with Crippen molar-refractivity contribution in [2.45, 2.75) is 0 Å². The quantitative estimate of drug-likeness (QED) is 0.365. The van der Waals surface area contributed by atoms with Crippen LogP contribution in [0.25, 0.3) is 0 Å². The van der Waals surface area contributed by atoms with Gasteiger partial charge >= 0.3 is 0 Å². The minimum Gasteiger partial charge on any atom is -0.293 e. The number of non-ortho nitro benzene ring substituents is 1. The number of hydrogen-bond acceptors (Lipinski definition) is 5. The molecule has 0 amide bonds. The number of carbonyl (C=O) groups excluding carboxylic acids is 1. The maximum atomic E-state index is 11.3. The van der Waals surface area contributed by atoms with Gasteiger partial charge in [0.05, 0.1) is 26.8 Å². The van der Waals surface area contributed by atoms with Gasteiger partial charge in [0, 0.05) is 6.07 Å². The van der Waals surface area contributed by atoms with E-state index < -0.39 is 27.0 Å². The number of carbonyl (C=O) groups is 1. The van der Waals surface area contributed by atoms with Crippen LogP contribution in [-0.4, -0.2) is 21.0 Å². The first-order chi connectivity index (χ1) is 7.47. The number of nitro benzene ring substituents is 2. The largest absolute Gasteiger partial charge is 0.293 e. The third kappa shape index (κ3) is 2.40. The second kappa shape index (κ2) is 4.79. The highest BCUT2D eigenvalue weighted by Gasteiger charge is 2.22. The molecule has 0 spiro atoms. The third-order valence-electron chi connectivity index (χ3n) is 1.81. The predicted octanol–water partition coefficient (Wildman–Crippen LogP) is 2.08. The second-order valence-corrected chi connectivity index (χ2v) is 3.33. The van der Waals surface area contributed by atoms with Crippen molar-refractivity contribution in [2.24, 2.45) is 0 Å². The van der Waals surface area contributed by atoms with E-state index in [4.69, 9.17) is 0 Å². The van der Waals surface area contributed by atoms with Crippen LogP contribution >= 0.6 is 15.9 Å². The number of halogens is 1. The molecule has 0 aromatic heterocycles. The minimum atomic E-state index is -0.817. The first-order valence-corrected chi connectivity index (χ1v) is 5.11. The summed E-state index contributed by atoms with van der Waals surface area (Å²) in [7, 11) is 0. The molecular weight excluding hydrogens is 284 g/mol. The summed E-state index contributed by atoms with van der Waals surface area (Å²) in [5, 5.41) is 21.0. The molecule has 0 heterocycles. The van der Waals surface area contributed by atoms with Crippen molar-refractivity contribution in [1.29, 1.82) is 0 Å². The van der Waals surface area contributed by atoms with Gasteiger partial charge in [0.1, 0.15) is 0 Å². The molecule has 0 atom stereocenters. The Morgan fingerprint density at radius 2 is 1.88 bits per heavy atom. The number of nitro groups is 2. The molecule has 0 aliphatic rings. The molecule has 16 heavy (non-hydrogen) atoms. The lowest BCUT2D eigenvalue weighted by Gasteiger charge is -1.99. The maximum absolute atomic E-state index is 11.3. The Labute approximate surface area is 97.5 Å². The zero-order chi connectivity index (χ0) is 12.3. The van der Waals surface area contributed by atoms with Crippen molar-refractivity contribution in [3.8, 4) is 0 Å². The number of Topliss-reactive ketones (excluding diaryl/α,β-unsaturated/α-hetero) is 1. The van der Waals surface area contributed by atoms with Crippen molar-refractivity contribution in [2.75, 3.05) is 5.33 Å². The van der Waals surface area contributed by atoms with Gasteiger partial charge in [-0.05, 0) is 6.07 Å². The van der Waals surface area contributed by atoms with Gasteiger partial charge in [-0.25, -0.2) is 0 Å². The summed E-state index contributed by atoms with van der Waals surface area (Å²) in [4.78, 5) is 30.8. The van der Waals surface area contributed by atoms with E-state index in [0.717, 1.165) is 18.2 Å². The van der Waals surface area contributed by atoms with Crippen LogP contribution in [0.15, 0.2) is 18.2 Å². The van der Waals surface area contributed by atoms with Crippen LogP contribution in [0.5, 0.6) is 0 Å². The van der Waals surface area contributed by atoms with Gasteiger partial charge in [-0.1, -0.05) is 15.9 Å². The molecule has 0 fully saturated rings. The van der Waals surface area contributed by atoms with Crippen LogP contribution < -0.4 is 0 Å². The number of alkyl halides is 1. The van der Waals surface area contributed by atoms with Gasteiger partial charge in [-0.2, -0.15) is 0 Å². The first-order valence-electron chi connectivity index (χ1n) is 3.99. The van der Waals surface area contributed by atoms with Gasteiger partial charge in [0.15, 0.2) is 5.78 Å². The maximum Gasteiger partial charge on any atom is 0.287 e. The van der Waals surface area contributed by atoms with Crippen molar-refractivity contribution < 1.29 is 14.6 Å². The summed E-state index contributed by atoms with van der Waals surface area (Å²) in [6, 6.07) is 2.92. The van der Waals surface area contributed by atoms with Gasteiger partial charge in [0.2, 0.25) is 0 Å². The Morgan fingerprint density at radius 3 is 2.31 bits per heavy atom. The van der Waals surface area contributed by atoms with E-state index in [1.807, 2.05) is 0 Å². The van der Waals surface area contributed by atoms with E-state index in [9.17, 15) is 25.0 Å². The fourth-order valence-electron chi connectivity index (χ4n) is 1.09. The Hall–Kier alpha value is -1.83. The van der Waals surface area contributed by atoms with Crippen molar-refractivity contribution in [3.05, 3.63) is 44.0 Å². The fourth-order valence-corrected chi connectivity index (χ4v) is 1.39. The van der Waals surface area contributed by atoms with Crippen LogP contribution in [-0.2, 0) is 0 Å². The highest BCUT2D eigenvalue weighted by atomic mass is 79.9. The highest BCUT2D eigenvalue weighted by Crippen LogP contribution is 2.25. The lowest BCUT2D eigenvalue weighted by molar-refractivity contribution is -0.394. The predicted molar refractivity (Wildman–Crippen MR) is 57.9 cm³/mol. The van der Waals surface area contributed by atoms with Crippen LogP contribution in [0.3, 0.4) is 0 Å². The monoisotopic (exact) mass is 288 g/mol. The zero-order valence-corrected chi connectivity index (χ0v) is 9.34. The van der Waals surface area contributed by atoms with Crippen LogP contribution in [0, 0.1) is 20.2 Å². The smallest absolute Gasteiger partial charge is 0.287 e. The highest BCUT2D eigenvalue weighted by molar-refractivity contribution is 9.09. The lowest BCUT2D eigenvalue weighted by atomic mass is 10.1. The Bertz CT molecular complexity index is 473. The second-order valence-electron chi connectivity index (χ2n) is 2.77. The summed E-state index contributed by atoms with van der Waals surface area (Å²) >= 11 is 2.88. The van der Waals surface area contributed by atoms with E-state index in [2.05, 4.69) is 15.9 Å². The van der Waals surface area contributed by atoms with Crippen LogP contribution in [0.4, 0.5) is 11.4 Å². The summed E-state index contributed by atoms with van der Waals surface area (Å²) in [6.45, 7) is 0. The van der Waals surface area contributed by atoms with E-state index in [-0.39, 0.29) is 10.9 Å². The van der Waals surface area contributed by atoms with Crippen molar-refractivity contribution in [3.63, 3.8) is 0 Å². The lowest BCUT2D eigenvalue weighted by Crippen LogP contribution is -2.05. The molecule has 1 rings (SSSR count). The molecular formula is C8H5BrN2O5. The summed E-state index contributed by atoms with van der Waals surface area (Å²) in [5.74, 6) is -0.499. The summed E-state index contributed by atoms with van der Waals surface area (Å²) in [6.07, 6.45) is 0. The Kier molecular flexibility index (Phi) is 3.67. The standard InChI is InChI=1S/C8H5BrN2O5/c9-4-8(12)6-2-1-5(10(13)14)3-7(6)11(15)16/h1-3H,4H2. The molecule has 0 unspecified atom stereocenters. The van der Waals surface area contributed by atoms with Gasteiger partial charge < -0.3 is 0 Å². The van der Waals surface area contributed by atoms with Gasteiger partial charge in [-0.15, -0.1) is 0 Å². The first kappa shape index (κ1) is 12.2. The summed E-state index contributed by atoms with van der Waals surface area (Å²) < 4.78 is 0. The number of benzene rings is 1. The van der Waals surface area contributed by atoms with Crippen molar-refractivity contribution in [1.82, 2.24) is 0 Å². The molecule has 0 saturated heterocycles. The molecule has 0 N–H and O–H groups in total. The molecule has 0 radical (unpaired) electrons. The fraction of sp³-hybridized carbons (Fsp3) is 0.125. The van der Waals surface area contributed by atoms with E-state index in [1.165, 1.54) is 0 Å². The number of hydrogen-bond donors (Lipinski definition) is 0. The zero-order valence-electron chi connectivity index (χ0n) is 7.75. The normalized spacial score (nSPS) is 9.81. The summed E-state index contributed by atoms with van der Waals surface area (Å²) in [5.41, 5.74) is -1.12. The van der Waals surface area contributed by atoms with Crippen LogP contribution in [0.1, 0.15) is 10.4 Å². The third-order valence-corrected chi connectivity index (χ3v) is 2.32. The average molecular weight is 289 g/mol. The number of nitrogens with zero attached hydrogens (tertiary/aromatic N) is 2. The number of ketones is 1. The topological polar surface area (TPSA) is 103 Å². The van der Waals surface area contributed by atoms with E-state index >= 15 is 0 Å². The average Bonchev–Trinajstić information content (AvgIpc) is 2.26. The molecule has 8 heteroatoms. The SMILES string of the molecule is O=C(CBr)c1ccc([N+](=O)[O-])cc1[N+](=O)[O-]. The molecule has 7 nitrogen and oxygen atoms in total. The molecule has 0 aliphatic heterocycles. The molecule has 0 bridgehead atoms. The molecule has 1 aromatic rings. The molecule has 0 aliphatic carbocycles. The van der Waals surface area contributed by atoms with E-state index in [0.29, 0.717) is 0 Å². The molecule has 1 aromatic carbocycles. The van der Waals surface area contributed by atoms with Crippen molar-refractivity contribution >= 4 is 33.1 Å². The van der Waals surface area contributed by atoms with E-state index in [1.54, 1.807) is 0 Å².